The van der Waals surface area contributed by atoms with Crippen LogP contribution in [0.5, 0.6) is 0 Å². The molecular weight excluding hydrogens is 152 g/mol. The lowest BCUT2D eigenvalue weighted by molar-refractivity contribution is 0.0485. The van der Waals surface area contributed by atoms with E-state index in [1.54, 1.807) is 12.1 Å². The van der Waals surface area contributed by atoms with Crippen molar-refractivity contribution >= 4 is 0 Å². The second kappa shape index (κ2) is 4.04. The van der Waals surface area contributed by atoms with Gasteiger partial charge in [-0.15, -0.1) is 6.58 Å². The fraction of sp³-hybridized carbons (Fsp3) is 0.200. The maximum atomic E-state index is 9.47. The highest BCUT2D eigenvalue weighted by Gasteiger charge is 2.13. The summed E-state index contributed by atoms with van der Waals surface area (Å²) in [6, 6.07) is 9.01. The van der Waals surface area contributed by atoms with Crippen molar-refractivity contribution in [2.75, 3.05) is 0 Å². The van der Waals surface area contributed by atoms with Crippen LogP contribution in [0.15, 0.2) is 43.0 Å². The molecule has 1 rings (SSSR count). The highest BCUT2D eigenvalue weighted by atomic mass is 16.3. The molecule has 1 aromatic rings. The van der Waals surface area contributed by atoms with Crippen LogP contribution in [-0.2, 0) is 0 Å². The molecule has 0 saturated heterocycles. The van der Waals surface area contributed by atoms with Gasteiger partial charge in [0, 0.05) is 0 Å². The molecule has 0 aliphatic carbocycles. The molecule has 12 heavy (non-hydrogen) atoms. The highest BCUT2D eigenvalue weighted by molar-refractivity contribution is 5.19. The lowest BCUT2D eigenvalue weighted by Crippen LogP contribution is -2.14. The van der Waals surface area contributed by atoms with Crippen LogP contribution in [0.2, 0.25) is 0 Å². The molecule has 1 aromatic carbocycles. The summed E-state index contributed by atoms with van der Waals surface area (Å²) in [5.41, 5.74) is 0.699. The van der Waals surface area contributed by atoms with E-state index in [0.717, 1.165) is 0 Å². The number of aliphatic hydroxyl groups excluding tert-OH is 2. The third-order valence-electron chi connectivity index (χ3n) is 1.71. The zero-order valence-electron chi connectivity index (χ0n) is 6.72. The maximum Gasteiger partial charge on any atom is 0.108 e. The molecule has 0 fully saturated rings. The zero-order chi connectivity index (χ0) is 8.97. The predicted octanol–water partition coefficient (Wildman–Crippen LogP) is 1.27. The summed E-state index contributed by atoms with van der Waals surface area (Å²) in [5, 5.41) is 18.7. The predicted molar refractivity (Wildman–Crippen MR) is 47.6 cm³/mol. The molecule has 0 spiro atoms. The molecule has 64 valence electrons. The van der Waals surface area contributed by atoms with Crippen molar-refractivity contribution in [3.8, 4) is 0 Å². The van der Waals surface area contributed by atoms with E-state index in [-0.39, 0.29) is 0 Å². The molecule has 0 unspecified atom stereocenters. The summed E-state index contributed by atoms with van der Waals surface area (Å²) in [7, 11) is 0. The van der Waals surface area contributed by atoms with Gasteiger partial charge in [-0.05, 0) is 5.56 Å². The van der Waals surface area contributed by atoms with Gasteiger partial charge in [0.1, 0.15) is 12.2 Å². The quantitative estimate of drug-likeness (QED) is 0.660. The van der Waals surface area contributed by atoms with Crippen molar-refractivity contribution in [1.29, 1.82) is 0 Å². The van der Waals surface area contributed by atoms with Crippen LogP contribution in [0.25, 0.3) is 0 Å². The molecule has 0 aliphatic rings. The topological polar surface area (TPSA) is 40.5 Å². The van der Waals surface area contributed by atoms with Crippen LogP contribution in [-0.4, -0.2) is 16.3 Å². The van der Waals surface area contributed by atoms with Gasteiger partial charge in [0.2, 0.25) is 0 Å². The van der Waals surface area contributed by atoms with E-state index in [4.69, 9.17) is 0 Å². The van der Waals surface area contributed by atoms with Crippen molar-refractivity contribution in [2.24, 2.45) is 0 Å². The molecule has 0 saturated carbocycles. The Morgan fingerprint density at radius 3 is 2.25 bits per heavy atom. The minimum atomic E-state index is -0.896. The first-order valence-electron chi connectivity index (χ1n) is 3.79. The van der Waals surface area contributed by atoms with Gasteiger partial charge in [-0.3, -0.25) is 0 Å². The van der Waals surface area contributed by atoms with Gasteiger partial charge < -0.3 is 10.2 Å². The van der Waals surface area contributed by atoms with E-state index >= 15 is 0 Å². The monoisotopic (exact) mass is 164 g/mol. The molecule has 2 N–H and O–H groups in total. The van der Waals surface area contributed by atoms with E-state index in [0.29, 0.717) is 5.56 Å². The van der Waals surface area contributed by atoms with Gasteiger partial charge >= 0.3 is 0 Å². The van der Waals surface area contributed by atoms with Crippen molar-refractivity contribution in [1.82, 2.24) is 0 Å². The Balaban J connectivity index is 2.78. The van der Waals surface area contributed by atoms with Gasteiger partial charge in [-0.2, -0.15) is 0 Å². The second-order valence-corrected chi connectivity index (χ2v) is 2.58. The van der Waals surface area contributed by atoms with Crippen molar-refractivity contribution in [3.63, 3.8) is 0 Å². The van der Waals surface area contributed by atoms with E-state index in [1.165, 1.54) is 6.08 Å². The largest absolute Gasteiger partial charge is 0.386 e. The third kappa shape index (κ3) is 1.94. The van der Waals surface area contributed by atoms with Gasteiger partial charge in [0.15, 0.2) is 0 Å². The number of hydrogen-bond donors (Lipinski definition) is 2. The van der Waals surface area contributed by atoms with E-state index in [1.807, 2.05) is 18.2 Å². The fourth-order valence-corrected chi connectivity index (χ4v) is 0.976. The van der Waals surface area contributed by atoms with Crippen molar-refractivity contribution in [3.05, 3.63) is 48.6 Å². The van der Waals surface area contributed by atoms with Crippen LogP contribution in [0.1, 0.15) is 11.7 Å². The minimum Gasteiger partial charge on any atom is -0.386 e. The van der Waals surface area contributed by atoms with Crippen LogP contribution in [0.3, 0.4) is 0 Å². The van der Waals surface area contributed by atoms with Crippen molar-refractivity contribution in [2.45, 2.75) is 12.2 Å². The Bertz CT molecular complexity index is 243. The lowest BCUT2D eigenvalue weighted by atomic mass is 10.1. The minimum absolute atomic E-state index is 0.699. The Labute approximate surface area is 71.8 Å². The zero-order valence-corrected chi connectivity index (χ0v) is 6.72. The average Bonchev–Trinajstić information content (AvgIpc) is 2.17. The molecule has 0 radical (unpaired) electrons. The molecule has 0 amide bonds. The molecule has 0 bridgehead atoms. The molecule has 2 heteroatoms. The van der Waals surface area contributed by atoms with Crippen molar-refractivity contribution < 1.29 is 10.2 Å². The smallest absolute Gasteiger partial charge is 0.108 e. The molecule has 0 heterocycles. The lowest BCUT2D eigenvalue weighted by Gasteiger charge is -2.13. The molecule has 2 nitrogen and oxygen atoms in total. The van der Waals surface area contributed by atoms with Crippen LogP contribution < -0.4 is 0 Å². The summed E-state index contributed by atoms with van der Waals surface area (Å²) in [4.78, 5) is 0. The standard InChI is InChI=1S/C10H12O2/c1-2-9(11)10(12)8-6-4-3-5-7-8/h2-7,9-12H,1H2/t9-,10-/m0/s1. The first-order valence-corrected chi connectivity index (χ1v) is 3.79. The van der Waals surface area contributed by atoms with Crippen LogP contribution >= 0.6 is 0 Å². The Kier molecular flexibility index (Phi) is 3.02. The normalized spacial score (nSPS) is 15.2. The third-order valence-corrected chi connectivity index (χ3v) is 1.71. The Morgan fingerprint density at radius 1 is 1.17 bits per heavy atom. The summed E-state index contributed by atoms with van der Waals surface area (Å²) < 4.78 is 0. The summed E-state index contributed by atoms with van der Waals surface area (Å²) in [5.74, 6) is 0. The summed E-state index contributed by atoms with van der Waals surface area (Å²) in [6.07, 6.45) is -0.450. The molecular formula is C10H12O2. The number of hydrogen-bond acceptors (Lipinski definition) is 2. The molecule has 0 aromatic heterocycles. The number of benzene rings is 1. The highest BCUT2D eigenvalue weighted by Crippen LogP contribution is 2.16. The fourth-order valence-electron chi connectivity index (χ4n) is 0.976. The van der Waals surface area contributed by atoms with Gasteiger partial charge in [0.25, 0.3) is 0 Å². The SMILES string of the molecule is C=C[C@H](O)[C@@H](O)c1ccccc1. The number of rotatable bonds is 3. The second-order valence-electron chi connectivity index (χ2n) is 2.58. The maximum absolute atomic E-state index is 9.47. The van der Waals surface area contributed by atoms with E-state index in [9.17, 15) is 10.2 Å². The molecule has 2 atom stereocenters. The van der Waals surface area contributed by atoms with Gasteiger partial charge in [0.05, 0.1) is 0 Å². The summed E-state index contributed by atoms with van der Waals surface area (Å²) in [6.45, 7) is 3.40. The van der Waals surface area contributed by atoms with E-state index in [2.05, 4.69) is 6.58 Å². The number of aliphatic hydroxyl groups is 2. The van der Waals surface area contributed by atoms with Crippen LogP contribution in [0.4, 0.5) is 0 Å². The van der Waals surface area contributed by atoms with Gasteiger partial charge in [-0.25, -0.2) is 0 Å². The Morgan fingerprint density at radius 2 is 1.75 bits per heavy atom. The summed E-state index contributed by atoms with van der Waals surface area (Å²) >= 11 is 0. The average molecular weight is 164 g/mol. The molecule has 0 aliphatic heterocycles. The Hall–Kier alpha value is -1.12. The van der Waals surface area contributed by atoms with E-state index < -0.39 is 12.2 Å². The first-order chi connectivity index (χ1) is 5.75. The van der Waals surface area contributed by atoms with Gasteiger partial charge in [-0.1, -0.05) is 36.4 Å². The first kappa shape index (κ1) is 8.97. The van der Waals surface area contributed by atoms with Crippen LogP contribution in [0, 0.1) is 0 Å².